The van der Waals surface area contributed by atoms with Crippen LogP contribution in [0.3, 0.4) is 0 Å². The van der Waals surface area contributed by atoms with Gasteiger partial charge >= 0.3 is 0 Å². The second kappa shape index (κ2) is 4.52. The van der Waals surface area contributed by atoms with Crippen LogP contribution in [0.2, 0.25) is 0 Å². The van der Waals surface area contributed by atoms with Crippen LogP contribution in [0.4, 0.5) is 11.5 Å². The van der Waals surface area contributed by atoms with Crippen LogP contribution in [-0.2, 0) is 0 Å². The van der Waals surface area contributed by atoms with Crippen molar-refractivity contribution in [3.05, 3.63) is 41.1 Å². The van der Waals surface area contributed by atoms with Crippen LogP contribution in [0.25, 0.3) is 0 Å². The van der Waals surface area contributed by atoms with Crippen molar-refractivity contribution >= 4 is 17.4 Å². The van der Waals surface area contributed by atoms with E-state index in [1.54, 1.807) is 11.9 Å². The van der Waals surface area contributed by atoms with Crippen LogP contribution in [0.1, 0.15) is 21.6 Å². The van der Waals surface area contributed by atoms with E-state index in [1.807, 2.05) is 32.0 Å². The van der Waals surface area contributed by atoms with Crippen LogP contribution < -0.4 is 10.6 Å². The zero-order valence-electron chi connectivity index (χ0n) is 10.7. The lowest BCUT2D eigenvalue weighted by Gasteiger charge is -2.19. The number of aromatic amines is 1. The van der Waals surface area contributed by atoms with E-state index in [2.05, 4.69) is 10.2 Å². The van der Waals surface area contributed by atoms with Gasteiger partial charge in [0, 0.05) is 18.8 Å². The topological polar surface area (TPSA) is 75.0 Å². The molecular formula is C13H16N4O. The van der Waals surface area contributed by atoms with Crippen molar-refractivity contribution in [2.24, 2.45) is 0 Å². The van der Waals surface area contributed by atoms with E-state index in [9.17, 15) is 4.79 Å². The Morgan fingerprint density at radius 1 is 1.33 bits per heavy atom. The summed E-state index contributed by atoms with van der Waals surface area (Å²) in [4.78, 5) is 13.8. The van der Waals surface area contributed by atoms with Crippen molar-refractivity contribution < 1.29 is 4.79 Å². The number of hydrogen-bond acceptors (Lipinski definition) is 3. The molecule has 0 saturated heterocycles. The summed E-state index contributed by atoms with van der Waals surface area (Å²) in [5.74, 6) is 0.151. The van der Waals surface area contributed by atoms with Gasteiger partial charge in [-0.1, -0.05) is 17.7 Å². The number of amides is 1. The van der Waals surface area contributed by atoms with Crippen LogP contribution in [0.15, 0.2) is 24.3 Å². The number of rotatable bonds is 2. The highest BCUT2D eigenvalue weighted by Gasteiger charge is 2.17. The monoisotopic (exact) mass is 244 g/mol. The third-order valence-electron chi connectivity index (χ3n) is 2.85. The minimum Gasteiger partial charge on any atom is -0.382 e. The molecule has 0 aliphatic carbocycles. The number of nitrogens with one attached hydrogen (secondary N) is 1. The Balaban J connectivity index is 2.31. The summed E-state index contributed by atoms with van der Waals surface area (Å²) in [5, 5.41) is 6.38. The number of carbonyl (C=O) groups is 1. The number of H-pyrrole nitrogens is 1. The van der Waals surface area contributed by atoms with Gasteiger partial charge < -0.3 is 10.6 Å². The SMILES string of the molecule is Cc1ccc(N(C)C(=O)c2cc(N)n[nH]2)c(C)c1. The van der Waals surface area contributed by atoms with E-state index >= 15 is 0 Å². The summed E-state index contributed by atoms with van der Waals surface area (Å²) in [6.07, 6.45) is 0. The maximum Gasteiger partial charge on any atom is 0.276 e. The van der Waals surface area contributed by atoms with Crippen LogP contribution >= 0.6 is 0 Å². The van der Waals surface area contributed by atoms with Gasteiger partial charge in [-0.2, -0.15) is 5.10 Å². The first-order valence-electron chi connectivity index (χ1n) is 5.65. The van der Waals surface area contributed by atoms with Crippen LogP contribution in [0, 0.1) is 13.8 Å². The fourth-order valence-corrected chi connectivity index (χ4v) is 1.92. The Morgan fingerprint density at radius 2 is 2.06 bits per heavy atom. The second-order valence-corrected chi connectivity index (χ2v) is 4.36. The Labute approximate surface area is 106 Å². The van der Waals surface area contributed by atoms with E-state index in [-0.39, 0.29) is 5.91 Å². The van der Waals surface area contributed by atoms with Gasteiger partial charge in [0.15, 0.2) is 0 Å². The van der Waals surface area contributed by atoms with Gasteiger partial charge in [0.05, 0.1) is 0 Å². The average Bonchev–Trinajstić information content (AvgIpc) is 2.74. The molecule has 0 bridgehead atoms. The lowest BCUT2D eigenvalue weighted by atomic mass is 10.1. The number of aromatic nitrogens is 2. The van der Waals surface area contributed by atoms with Crippen LogP contribution in [0.5, 0.6) is 0 Å². The molecule has 1 amide bonds. The van der Waals surface area contributed by atoms with Gasteiger partial charge in [-0.05, 0) is 25.5 Å². The maximum atomic E-state index is 12.2. The number of benzene rings is 1. The zero-order chi connectivity index (χ0) is 13.3. The highest BCUT2D eigenvalue weighted by Crippen LogP contribution is 2.21. The van der Waals surface area contributed by atoms with Gasteiger partial charge in [0.25, 0.3) is 5.91 Å². The first-order chi connectivity index (χ1) is 8.49. The minimum absolute atomic E-state index is 0.161. The molecule has 1 heterocycles. The molecule has 94 valence electrons. The molecule has 0 fully saturated rings. The first-order valence-corrected chi connectivity index (χ1v) is 5.65. The Hall–Kier alpha value is -2.30. The molecule has 0 unspecified atom stereocenters. The van der Waals surface area contributed by atoms with E-state index in [4.69, 9.17) is 5.73 Å². The molecule has 0 saturated carbocycles. The highest BCUT2D eigenvalue weighted by atomic mass is 16.2. The highest BCUT2D eigenvalue weighted by molar-refractivity contribution is 6.05. The number of aryl methyl sites for hydroxylation is 2. The summed E-state index contributed by atoms with van der Waals surface area (Å²) in [6.45, 7) is 4.00. The number of hydrogen-bond donors (Lipinski definition) is 2. The van der Waals surface area contributed by atoms with E-state index < -0.39 is 0 Å². The number of nitrogens with zero attached hydrogens (tertiary/aromatic N) is 2. The quantitative estimate of drug-likeness (QED) is 0.847. The molecule has 2 aromatic rings. The lowest BCUT2D eigenvalue weighted by molar-refractivity contribution is 0.0988. The van der Waals surface area contributed by atoms with Crippen molar-refractivity contribution in [1.29, 1.82) is 0 Å². The Kier molecular flexibility index (Phi) is 3.06. The van der Waals surface area contributed by atoms with Crippen molar-refractivity contribution in [2.75, 3.05) is 17.7 Å². The summed E-state index contributed by atoms with van der Waals surface area (Å²) >= 11 is 0. The number of nitrogen functional groups attached to an aromatic ring is 1. The van der Waals surface area contributed by atoms with E-state index in [0.717, 1.165) is 11.3 Å². The van der Waals surface area contributed by atoms with Gasteiger partial charge in [0.2, 0.25) is 0 Å². The smallest absolute Gasteiger partial charge is 0.276 e. The second-order valence-electron chi connectivity index (χ2n) is 4.36. The maximum absolute atomic E-state index is 12.2. The first kappa shape index (κ1) is 12.2. The van der Waals surface area contributed by atoms with E-state index in [1.165, 1.54) is 11.6 Å². The zero-order valence-corrected chi connectivity index (χ0v) is 10.7. The van der Waals surface area contributed by atoms with Gasteiger partial charge in [0.1, 0.15) is 11.5 Å². The molecule has 18 heavy (non-hydrogen) atoms. The molecule has 1 aromatic carbocycles. The average molecular weight is 244 g/mol. The molecule has 0 atom stereocenters. The lowest BCUT2D eigenvalue weighted by Crippen LogP contribution is -2.27. The van der Waals surface area contributed by atoms with E-state index in [0.29, 0.717) is 11.5 Å². The van der Waals surface area contributed by atoms with Crippen molar-refractivity contribution in [1.82, 2.24) is 10.2 Å². The third kappa shape index (κ3) is 2.20. The normalized spacial score (nSPS) is 10.4. The summed E-state index contributed by atoms with van der Waals surface area (Å²) in [6, 6.07) is 7.48. The Morgan fingerprint density at radius 3 is 2.61 bits per heavy atom. The molecule has 2 rings (SSSR count). The largest absolute Gasteiger partial charge is 0.382 e. The molecule has 0 aliphatic heterocycles. The molecule has 3 N–H and O–H groups in total. The fraction of sp³-hybridized carbons (Fsp3) is 0.231. The predicted octanol–water partition coefficient (Wildman–Crippen LogP) is 1.89. The summed E-state index contributed by atoms with van der Waals surface area (Å²) < 4.78 is 0. The van der Waals surface area contributed by atoms with Gasteiger partial charge in [-0.25, -0.2) is 0 Å². The number of carbonyl (C=O) groups excluding carboxylic acids is 1. The molecule has 0 spiro atoms. The Bertz CT molecular complexity index is 588. The molecule has 5 heteroatoms. The molecule has 0 aliphatic rings. The van der Waals surface area contributed by atoms with Crippen molar-refractivity contribution in [2.45, 2.75) is 13.8 Å². The van der Waals surface area contributed by atoms with Crippen molar-refractivity contribution in [3.63, 3.8) is 0 Å². The molecule has 5 nitrogen and oxygen atoms in total. The molecule has 0 radical (unpaired) electrons. The van der Waals surface area contributed by atoms with Crippen LogP contribution in [-0.4, -0.2) is 23.2 Å². The van der Waals surface area contributed by atoms with Gasteiger partial charge in [-0.15, -0.1) is 0 Å². The molecule has 1 aromatic heterocycles. The number of nitrogens with two attached hydrogens (primary N) is 1. The fourth-order valence-electron chi connectivity index (χ4n) is 1.92. The molecular weight excluding hydrogens is 228 g/mol. The third-order valence-corrected chi connectivity index (χ3v) is 2.85. The number of anilines is 2. The standard InChI is InChI=1S/C13H16N4O/c1-8-4-5-11(9(2)6-8)17(3)13(18)10-7-12(14)16-15-10/h4-7H,1-3H3,(H3,14,15,16). The summed E-state index contributed by atoms with van der Waals surface area (Å²) in [5.41, 5.74) is 8.97. The minimum atomic E-state index is -0.161. The van der Waals surface area contributed by atoms with Gasteiger partial charge in [-0.3, -0.25) is 9.89 Å². The van der Waals surface area contributed by atoms with Crippen molar-refractivity contribution in [3.8, 4) is 0 Å². The summed E-state index contributed by atoms with van der Waals surface area (Å²) in [7, 11) is 1.73. The predicted molar refractivity (Wildman–Crippen MR) is 71.6 cm³/mol.